The first-order valence-electron chi connectivity index (χ1n) is 5.72. The Morgan fingerprint density at radius 2 is 2.19 bits per heavy atom. The average molecular weight is 220 g/mol. The Kier molecular flexibility index (Phi) is 3.13. The van der Waals surface area contributed by atoms with Crippen molar-refractivity contribution in [2.75, 3.05) is 0 Å². The maximum Gasteiger partial charge on any atom is 0.344 e. The monoisotopic (exact) mass is 220 g/mol. The second-order valence-electron chi connectivity index (χ2n) is 4.14. The van der Waals surface area contributed by atoms with Gasteiger partial charge in [0.05, 0.1) is 0 Å². The van der Waals surface area contributed by atoms with E-state index in [1.807, 2.05) is 25.1 Å². The summed E-state index contributed by atoms with van der Waals surface area (Å²) in [5.41, 5.74) is 2.67. The van der Waals surface area contributed by atoms with E-state index >= 15 is 0 Å². The van der Waals surface area contributed by atoms with Gasteiger partial charge in [0, 0.05) is 0 Å². The number of carboxylic acids is 1. The molecule has 2 rings (SSSR count). The Hall–Kier alpha value is -1.51. The first-order chi connectivity index (χ1) is 7.70. The standard InChI is InChI=1S/C13H16O3/c1-2-12(13(14)15)16-11-7-6-9-4-3-5-10(9)8-11/h6-8,12H,2-5H2,1H3,(H,14,15)/t12-/m1/s1. The fourth-order valence-electron chi connectivity index (χ4n) is 2.09. The predicted molar refractivity (Wildman–Crippen MR) is 60.8 cm³/mol. The Balaban J connectivity index is 2.13. The van der Waals surface area contributed by atoms with Crippen LogP contribution in [-0.4, -0.2) is 17.2 Å². The summed E-state index contributed by atoms with van der Waals surface area (Å²) in [5, 5.41) is 8.90. The van der Waals surface area contributed by atoms with Crippen LogP contribution in [0, 0.1) is 0 Å². The van der Waals surface area contributed by atoms with Crippen molar-refractivity contribution in [3.8, 4) is 5.75 Å². The molecule has 1 aromatic carbocycles. The molecular weight excluding hydrogens is 204 g/mol. The van der Waals surface area contributed by atoms with E-state index in [2.05, 4.69) is 0 Å². The number of benzene rings is 1. The van der Waals surface area contributed by atoms with Crippen LogP contribution in [0.15, 0.2) is 18.2 Å². The number of carboxylic acid groups (broad SMARTS) is 1. The van der Waals surface area contributed by atoms with Gasteiger partial charge in [0.25, 0.3) is 0 Å². The van der Waals surface area contributed by atoms with Crippen molar-refractivity contribution >= 4 is 5.97 Å². The second kappa shape index (κ2) is 4.56. The molecule has 0 amide bonds. The maximum atomic E-state index is 10.8. The van der Waals surface area contributed by atoms with Gasteiger partial charge in [-0.25, -0.2) is 4.79 Å². The second-order valence-corrected chi connectivity index (χ2v) is 4.14. The zero-order chi connectivity index (χ0) is 11.5. The number of rotatable bonds is 4. The molecule has 0 spiro atoms. The van der Waals surface area contributed by atoms with E-state index in [1.54, 1.807) is 0 Å². The van der Waals surface area contributed by atoms with Crippen molar-refractivity contribution < 1.29 is 14.6 Å². The molecule has 0 radical (unpaired) electrons. The molecule has 3 heteroatoms. The van der Waals surface area contributed by atoms with E-state index in [0.29, 0.717) is 12.2 Å². The first-order valence-corrected chi connectivity index (χ1v) is 5.72. The fraction of sp³-hybridized carbons (Fsp3) is 0.462. The molecule has 1 aliphatic carbocycles. The highest BCUT2D eigenvalue weighted by molar-refractivity contribution is 5.72. The highest BCUT2D eigenvalue weighted by atomic mass is 16.5. The number of carbonyl (C=O) groups is 1. The summed E-state index contributed by atoms with van der Waals surface area (Å²) >= 11 is 0. The molecule has 3 nitrogen and oxygen atoms in total. The van der Waals surface area contributed by atoms with Crippen LogP contribution in [0.2, 0.25) is 0 Å². The van der Waals surface area contributed by atoms with Crippen LogP contribution in [0.25, 0.3) is 0 Å². The molecule has 0 aliphatic heterocycles. The third-order valence-corrected chi connectivity index (χ3v) is 2.99. The largest absolute Gasteiger partial charge is 0.479 e. The Bertz CT molecular complexity index is 398. The average Bonchev–Trinajstić information content (AvgIpc) is 2.72. The van der Waals surface area contributed by atoms with Gasteiger partial charge in [-0.15, -0.1) is 0 Å². The zero-order valence-corrected chi connectivity index (χ0v) is 9.40. The van der Waals surface area contributed by atoms with E-state index in [1.165, 1.54) is 17.5 Å². The Morgan fingerprint density at radius 1 is 1.44 bits per heavy atom. The van der Waals surface area contributed by atoms with E-state index in [4.69, 9.17) is 9.84 Å². The number of aliphatic carboxylic acids is 1. The van der Waals surface area contributed by atoms with Crippen molar-refractivity contribution in [1.82, 2.24) is 0 Å². The lowest BCUT2D eigenvalue weighted by molar-refractivity contribution is -0.145. The Morgan fingerprint density at radius 3 is 2.88 bits per heavy atom. The summed E-state index contributed by atoms with van der Waals surface area (Å²) < 4.78 is 5.45. The van der Waals surface area contributed by atoms with Gasteiger partial charge in [-0.2, -0.15) is 0 Å². The van der Waals surface area contributed by atoms with Gasteiger partial charge in [0.15, 0.2) is 6.10 Å². The van der Waals surface area contributed by atoms with Crippen LogP contribution in [0.4, 0.5) is 0 Å². The van der Waals surface area contributed by atoms with Crippen LogP contribution in [-0.2, 0) is 17.6 Å². The summed E-state index contributed by atoms with van der Waals surface area (Å²) in [6.07, 6.45) is 3.14. The molecule has 1 aliphatic rings. The normalized spacial score (nSPS) is 15.6. The van der Waals surface area contributed by atoms with Crippen molar-refractivity contribution in [3.63, 3.8) is 0 Å². The van der Waals surface area contributed by atoms with Crippen LogP contribution in [0.1, 0.15) is 30.9 Å². The third-order valence-electron chi connectivity index (χ3n) is 2.99. The van der Waals surface area contributed by atoms with Crippen molar-refractivity contribution in [3.05, 3.63) is 29.3 Å². The molecule has 0 saturated carbocycles. The molecule has 0 saturated heterocycles. The smallest absolute Gasteiger partial charge is 0.344 e. The molecule has 1 aromatic rings. The summed E-state index contributed by atoms with van der Waals surface area (Å²) in [6, 6.07) is 5.90. The lowest BCUT2D eigenvalue weighted by Gasteiger charge is -2.13. The zero-order valence-electron chi connectivity index (χ0n) is 9.40. The maximum absolute atomic E-state index is 10.8. The van der Waals surface area contributed by atoms with Gasteiger partial charge < -0.3 is 9.84 Å². The first kappa shape index (κ1) is 11.0. The molecule has 0 bridgehead atoms. The Labute approximate surface area is 95.0 Å². The van der Waals surface area contributed by atoms with Gasteiger partial charge >= 0.3 is 5.97 Å². The minimum absolute atomic E-state index is 0.479. The lowest BCUT2D eigenvalue weighted by atomic mass is 10.1. The summed E-state index contributed by atoms with van der Waals surface area (Å²) in [7, 11) is 0. The summed E-state index contributed by atoms with van der Waals surface area (Å²) in [4.78, 5) is 10.8. The molecule has 86 valence electrons. The molecular formula is C13H16O3. The minimum atomic E-state index is -0.900. The van der Waals surface area contributed by atoms with Crippen LogP contribution >= 0.6 is 0 Å². The number of hydrogen-bond acceptors (Lipinski definition) is 2. The minimum Gasteiger partial charge on any atom is -0.479 e. The fourth-order valence-corrected chi connectivity index (χ4v) is 2.09. The third kappa shape index (κ3) is 2.18. The highest BCUT2D eigenvalue weighted by Gasteiger charge is 2.18. The molecule has 0 fully saturated rings. The highest BCUT2D eigenvalue weighted by Crippen LogP contribution is 2.26. The van der Waals surface area contributed by atoms with Crippen LogP contribution < -0.4 is 4.74 Å². The summed E-state index contributed by atoms with van der Waals surface area (Å²) in [6.45, 7) is 1.81. The molecule has 16 heavy (non-hydrogen) atoms. The molecule has 0 heterocycles. The molecule has 1 N–H and O–H groups in total. The quantitative estimate of drug-likeness (QED) is 0.847. The number of ether oxygens (including phenoxy) is 1. The molecule has 0 unspecified atom stereocenters. The van der Waals surface area contributed by atoms with Gasteiger partial charge in [0.2, 0.25) is 0 Å². The van der Waals surface area contributed by atoms with Crippen molar-refractivity contribution in [2.45, 2.75) is 38.7 Å². The molecule has 0 aromatic heterocycles. The summed E-state index contributed by atoms with van der Waals surface area (Å²) in [5.74, 6) is -0.224. The van der Waals surface area contributed by atoms with Gasteiger partial charge in [-0.3, -0.25) is 0 Å². The van der Waals surface area contributed by atoms with Gasteiger partial charge in [-0.05, 0) is 48.9 Å². The number of hydrogen-bond donors (Lipinski definition) is 1. The van der Waals surface area contributed by atoms with E-state index in [0.717, 1.165) is 12.8 Å². The van der Waals surface area contributed by atoms with Gasteiger partial charge in [0.1, 0.15) is 5.75 Å². The number of aryl methyl sites for hydroxylation is 2. The van der Waals surface area contributed by atoms with E-state index in [9.17, 15) is 4.79 Å². The topological polar surface area (TPSA) is 46.5 Å². The van der Waals surface area contributed by atoms with E-state index in [-0.39, 0.29) is 0 Å². The van der Waals surface area contributed by atoms with Gasteiger partial charge in [-0.1, -0.05) is 13.0 Å². The van der Waals surface area contributed by atoms with Crippen LogP contribution in [0.3, 0.4) is 0 Å². The molecule has 1 atom stereocenters. The van der Waals surface area contributed by atoms with Crippen molar-refractivity contribution in [1.29, 1.82) is 0 Å². The predicted octanol–water partition coefficient (Wildman–Crippen LogP) is 2.42. The van der Waals surface area contributed by atoms with E-state index < -0.39 is 12.1 Å². The lowest BCUT2D eigenvalue weighted by Crippen LogP contribution is -2.25. The van der Waals surface area contributed by atoms with Crippen molar-refractivity contribution in [2.24, 2.45) is 0 Å². The SMILES string of the molecule is CC[C@@H](Oc1ccc2c(c1)CCC2)C(=O)O. The number of fused-ring (bicyclic) bond motifs is 1. The van der Waals surface area contributed by atoms with Crippen LogP contribution in [0.5, 0.6) is 5.75 Å².